The lowest BCUT2D eigenvalue weighted by Crippen LogP contribution is -2.26. The monoisotopic (exact) mass is 302 g/mol. The average molecular weight is 303 g/mol. The van der Waals surface area contributed by atoms with Gasteiger partial charge in [-0.3, -0.25) is 4.57 Å². The number of rotatable bonds is 2. The molecule has 0 saturated heterocycles. The van der Waals surface area contributed by atoms with Gasteiger partial charge in [-0.05, 0) is 19.1 Å². The van der Waals surface area contributed by atoms with Crippen LogP contribution in [0.15, 0.2) is 36.7 Å². The minimum absolute atomic E-state index is 0. The van der Waals surface area contributed by atoms with Gasteiger partial charge in [0.05, 0.1) is 30.6 Å². The number of carbonyl (C=O) groups excluding carboxylic acids is 1. The third kappa shape index (κ3) is 2.01. The van der Waals surface area contributed by atoms with E-state index in [1.165, 1.54) is 0 Å². The molecule has 1 aromatic carbocycles. The van der Waals surface area contributed by atoms with Crippen LogP contribution in [0.2, 0.25) is 0 Å². The number of nitrogens with one attached hydrogen (secondary N) is 1. The van der Waals surface area contributed by atoms with Crippen molar-refractivity contribution in [2.24, 2.45) is 0 Å². The van der Waals surface area contributed by atoms with Gasteiger partial charge in [-0.25, -0.2) is 9.78 Å². The number of hydrogen-bond acceptors (Lipinski definition) is 2. The number of carbonyl (C=O) groups is 1. The molecule has 3 heterocycles. The first-order chi connectivity index (χ1) is 9.74. The van der Waals surface area contributed by atoms with E-state index in [0.717, 1.165) is 28.0 Å². The summed E-state index contributed by atoms with van der Waals surface area (Å²) < 4.78 is 1.80. The Kier molecular flexibility index (Phi) is 3.22. The number of benzene rings is 1. The lowest BCUT2D eigenvalue weighted by Gasteiger charge is -2.14. The van der Waals surface area contributed by atoms with Crippen LogP contribution in [0.4, 0.5) is 4.79 Å². The molecule has 3 aromatic rings. The summed E-state index contributed by atoms with van der Waals surface area (Å²) in [5.41, 5.74) is 3.96. The van der Waals surface area contributed by atoms with E-state index in [4.69, 9.17) is 0 Å². The maximum absolute atomic E-state index is 12.6. The number of fused-ring (bicyclic) bond motifs is 3. The molecule has 1 N–H and O–H groups in total. The zero-order valence-corrected chi connectivity index (χ0v) is 12.4. The second-order valence-electron chi connectivity index (χ2n) is 5.14. The van der Waals surface area contributed by atoms with Crippen molar-refractivity contribution in [2.45, 2.75) is 20.0 Å². The predicted molar refractivity (Wildman–Crippen MR) is 82.6 cm³/mol. The van der Waals surface area contributed by atoms with Gasteiger partial charge in [-0.15, -0.1) is 12.4 Å². The standard InChI is InChI=1S/C15H14N4O.ClH/c1-10-13(17-9-16-10)8-18-7-12-6-11-4-2-3-5-14(11)19(12)15(18)20;/h2-6,9H,7-8H2,1H3,(H,16,17);1H. The Bertz CT molecular complexity index is 820. The molecule has 2 aromatic heterocycles. The van der Waals surface area contributed by atoms with Crippen LogP contribution in [-0.4, -0.2) is 25.5 Å². The second kappa shape index (κ2) is 4.93. The van der Waals surface area contributed by atoms with E-state index in [1.54, 1.807) is 10.9 Å². The van der Waals surface area contributed by atoms with E-state index in [-0.39, 0.29) is 18.4 Å². The zero-order valence-electron chi connectivity index (χ0n) is 11.5. The average Bonchev–Trinajstić information content (AvgIpc) is 3.08. The number of H-pyrrole nitrogens is 1. The number of halogens is 1. The summed E-state index contributed by atoms with van der Waals surface area (Å²) in [7, 11) is 0. The maximum atomic E-state index is 12.6. The van der Waals surface area contributed by atoms with Crippen LogP contribution < -0.4 is 0 Å². The van der Waals surface area contributed by atoms with Crippen molar-refractivity contribution in [1.82, 2.24) is 19.4 Å². The Morgan fingerprint density at radius 1 is 1.33 bits per heavy atom. The fourth-order valence-corrected chi connectivity index (χ4v) is 2.81. The van der Waals surface area contributed by atoms with E-state index in [9.17, 15) is 4.79 Å². The molecule has 0 bridgehead atoms. The van der Waals surface area contributed by atoms with Gasteiger partial charge in [0.15, 0.2) is 0 Å². The molecule has 5 nitrogen and oxygen atoms in total. The third-order valence-corrected chi connectivity index (χ3v) is 3.88. The number of hydrogen-bond donors (Lipinski definition) is 1. The summed E-state index contributed by atoms with van der Waals surface area (Å²) in [5, 5.41) is 1.12. The minimum Gasteiger partial charge on any atom is -0.348 e. The van der Waals surface area contributed by atoms with Crippen LogP contribution in [0.3, 0.4) is 0 Å². The zero-order chi connectivity index (χ0) is 13.7. The number of amides is 1. The molecule has 0 unspecified atom stereocenters. The first-order valence-corrected chi connectivity index (χ1v) is 6.61. The summed E-state index contributed by atoms with van der Waals surface area (Å²) in [4.78, 5) is 21.7. The van der Waals surface area contributed by atoms with E-state index < -0.39 is 0 Å². The fraction of sp³-hybridized carbons (Fsp3) is 0.200. The Morgan fingerprint density at radius 3 is 2.90 bits per heavy atom. The van der Waals surface area contributed by atoms with Crippen LogP contribution in [0.1, 0.15) is 17.1 Å². The molecule has 0 fully saturated rings. The van der Waals surface area contributed by atoms with Gasteiger partial charge in [0.2, 0.25) is 0 Å². The highest BCUT2D eigenvalue weighted by Crippen LogP contribution is 2.27. The van der Waals surface area contributed by atoms with Gasteiger partial charge in [-0.1, -0.05) is 18.2 Å². The number of aryl methyl sites for hydroxylation is 1. The van der Waals surface area contributed by atoms with Gasteiger partial charge in [-0.2, -0.15) is 0 Å². The minimum atomic E-state index is 0. The van der Waals surface area contributed by atoms with Crippen molar-refractivity contribution in [1.29, 1.82) is 0 Å². The van der Waals surface area contributed by atoms with Crippen molar-refractivity contribution >= 4 is 29.3 Å². The molecule has 1 aliphatic rings. The summed E-state index contributed by atoms with van der Waals surface area (Å²) in [6, 6.07) is 10.1. The Hall–Kier alpha value is -2.27. The first kappa shape index (κ1) is 13.7. The lowest BCUT2D eigenvalue weighted by molar-refractivity contribution is 0.207. The highest BCUT2D eigenvalue weighted by atomic mass is 35.5. The highest BCUT2D eigenvalue weighted by Gasteiger charge is 2.29. The van der Waals surface area contributed by atoms with Gasteiger partial charge < -0.3 is 9.88 Å². The van der Waals surface area contributed by atoms with Crippen LogP contribution in [0.5, 0.6) is 0 Å². The molecule has 108 valence electrons. The molecular formula is C15H15ClN4O. The molecule has 4 rings (SSSR count). The highest BCUT2D eigenvalue weighted by molar-refractivity contribution is 5.94. The van der Waals surface area contributed by atoms with Crippen molar-refractivity contribution in [3.8, 4) is 0 Å². The number of para-hydroxylation sites is 1. The topological polar surface area (TPSA) is 53.9 Å². The van der Waals surface area contributed by atoms with Gasteiger partial charge in [0.25, 0.3) is 0 Å². The Balaban J connectivity index is 0.00000132. The summed E-state index contributed by atoms with van der Waals surface area (Å²) in [6.45, 7) is 3.16. The molecule has 0 atom stereocenters. The lowest BCUT2D eigenvalue weighted by atomic mass is 10.2. The van der Waals surface area contributed by atoms with Gasteiger partial charge >= 0.3 is 6.03 Å². The van der Waals surface area contributed by atoms with E-state index in [0.29, 0.717) is 13.1 Å². The normalized spacial score (nSPS) is 13.6. The van der Waals surface area contributed by atoms with Gasteiger partial charge in [0, 0.05) is 16.8 Å². The smallest absolute Gasteiger partial charge is 0.329 e. The number of aromatic amines is 1. The molecule has 0 saturated carbocycles. The molecule has 0 spiro atoms. The molecular weight excluding hydrogens is 288 g/mol. The molecule has 21 heavy (non-hydrogen) atoms. The van der Waals surface area contributed by atoms with Crippen LogP contribution in [0.25, 0.3) is 10.9 Å². The number of nitrogens with zero attached hydrogens (tertiary/aromatic N) is 3. The third-order valence-electron chi connectivity index (χ3n) is 3.88. The molecule has 0 radical (unpaired) electrons. The van der Waals surface area contributed by atoms with E-state index in [1.807, 2.05) is 36.1 Å². The van der Waals surface area contributed by atoms with E-state index in [2.05, 4.69) is 16.0 Å². The molecule has 6 heteroatoms. The SMILES string of the molecule is Cc1[nH]cnc1CN1Cc2cc3ccccc3n2C1=O.Cl. The Morgan fingerprint density at radius 2 is 2.14 bits per heavy atom. The maximum Gasteiger partial charge on any atom is 0.329 e. The molecule has 0 aliphatic carbocycles. The Labute approximate surface area is 128 Å². The van der Waals surface area contributed by atoms with Crippen LogP contribution >= 0.6 is 12.4 Å². The second-order valence-corrected chi connectivity index (χ2v) is 5.14. The molecule has 1 aliphatic heterocycles. The van der Waals surface area contributed by atoms with Crippen molar-refractivity contribution in [3.05, 3.63) is 53.7 Å². The molecule has 1 amide bonds. The van der Waals surface area contributed by atoms with Gasteiger partial charge in [0.1, 0.15) is 0 Å². The van der Waals surface area contributed by atoms with Crippen LogP contribution in [0, 0.1) is 6.92 Å². The quantitative estimate of drug-likeness (QED) is 0.791. The summed E-state index contributed by atoms with van der Waals surface area (Å²) in [5.74, 6) is 0. The van der Waals surface area contributed by atoms with Crippen molar-refractivity contribution in [3.63, 3.8) is 0 Å². The van der Waals surface area contributed by atoms with Crippen LogP contribution in [-0.2, 0) is 13.1 Å². The van der Waals surface area contributed by atoms with Crippen molar-refractivity contribution < 1.29 is 4.79 Å². The predicted octanol–water partition coefficient (Wildman–Crippen LogP) is 3.08. The number of imidazole rings is 1. The summed E-state index contributed by atoms with van der Waals surface area (Å²) in [6.07, 6.45) is 1.67. The largest absolute Gasteiger partial charge is 0.348 e. The van der Waals surface area contributed by atoms with E-state index >= 15 is 0 Å². The fourth-order valence-electron chi connectivity index (χ4n) is 2.81. The number of aromatic nitrogens is 3. The first-order valence-electron chi connectivity index (χ1n) is 6.61. The summed E-state index contributed by atoms with van der Waals surface area (Å²) >= 11 is 0. The van der Waals surface area contributed by atoms with Crippen molar-refractivity contribution in [2.75, 3.05) is 0 Å².